The first kappa shape index (κ1) is 17.9. The number of carbonyl (C=O) groups excluding carboxylic acids is 2. The molecule has 0 N–H and O–H groups in total. The van der Waals surface area contributed by atoms with E-state index in [1.807, 2.05) is 18.4 Å². The second-order valence-electron chi connectivity index (χ2n) is 4.77. The van der Waals surface area contributed by atoms with Gasteiger partial charge < -0.3 is 14.2 Å². The fraction of sp³-hybridized carbons (Fsp3) is 0.222. The van der Waals surface area contributed by atoms with Gasteiger partial charge in [-0.3, -0.25) is 4.79 Å². The lowest BCUT2D eigenvalue weighted by Crippen LogP contribution is -2.15. The predicted molar refractivity (Wildman–Crippen MR) is 92.4 cm³/mol. The van der Waals surface area contributed by atoms with E-state index < -0.39 is 5.97 Å². The SMILES string of the molecule is COc1ccc(C(=O)COC(=O)c2ccccc2SC)cc1OC. The molecule has 0 heterocycles. The summed E-state index contributed by atoms with van der Waals surface area (Å²) in [5, 5.41) is 0. The molecule has 126 valence electrons. The highest BCUT2D eigenvalue weighted by molar-refractivity contribution is 7.98. The fourth-order valence-corrected chi connectivity index (χ4v) is 2.70. The van der Waals surface area contributed by atoms with Gasteiger partial charge in [0.2, 0.25) is 0 Å². The van der Waals surface area contributed by atoms with E-state index in [9.17, 15) is 9.59 Å². The summed E-state index contributed by atoms with van der Waals surface area (Å²) < 4.78 is 15.4. The number of ketones is 1. The van der Waals surface area contributed by atoms with Crippen LogP contribution in [-0.4, -0.2) is 38.8 Å². The summed E-state index contributed by atoms with van der Waals surface area (Å²) in [6.07, 6.45) is 1.88. The van der Waals surface area contributed by atoms with Gasteiger partial charge in [-0.25, -0.2) is 4.79 Å². The average molecular weight is 346 g/mol. The molecular weight excluding hydrogens is 328 g/mol. The quantitative estimate of drug-likeness (QED) is 0.435. The fourth-order valence-electron chi connectivity index (χ4n) is 2.12. The molecule has 24 heavy (non-hydrogen) atoms. The number of ether oxygens (including phenoxy) is 3. The Kier molecular flexibility index (Phi) is 6.26. The van der Waals surface area contributed by atoms with Crippen molar-refractivity contribution in [2.45, 2.75) is 4.90 Å². The Morgan fingerprint density at radius 2 is 1.71 bits per heavy atom. The molecule has 0 saturated carbocycles. The third-order valence-corrected chi connectivity index (χ3v) is 4.16. The topological polar surface area (TPSA) is 61.8 Å². The number of esters is 1. The van der Waals surface area contributed by atoms with Crippen molar-refractivity contribution in [1.82, 2.24) is 0 Å². The van der Waals surface area contributed by atoms with Crippen LogP contribution in [0.1, 0.15) is 20.7 Å². The molecule has 0 aliphatic carbocycles. The van der Waals surface area contributed by atoms with Crippen molar-refractivity contribution in [3.8, 4) is 11.5 Å². The monoisotopic (exact) mass is 346 g/mol. The Hall–Kier alpha value is -2.47. The van der Waals surface area contributed by atoms with Crippen LogP contribution in [0.5, 0.6) is 11.5 Å². The van der Waals surface area contributed by atoms with Gasteiger partial charge in [-0.05, 0) is 36.6 Å². The van der Waals surface area contributed by atoms with E-state index >= 15 is 0 Å². The van der Waals surface area contributed by atoms with Gasteiger partial charge in [0.1, 0.15) is 0 Å². The van der Waals surface area contributed by atoms with Crippen molar-refractivity contribution in [2.24, 2.45) is 0 Å². The van der Waals surface area contributed by atoms with E-state index in [1.165, 1.54) is 26.0 Å². The Labute approximate surface area is 144 Å². The smallest absolute Gasteiger partial charge is 0.339 e. The molecule has 0 aliphatic rings. The molecule has 0 unspecified atom stereocenters. The van der Waals surface area contributed by atoms with Gasteiger partial charge in [-0.1, -0.05) is 12.1 Å². The van der Waals surface area contributed by atoms with Crippen LogP contribution >= 0.6 is 11.8 Å². The minimum atomic E-state index is -0.520. The van der Waals surface area contributed by atoms with Crippen LogP contribution in [0, 0.1) is 0 Å². The summed E-state index contributed by atoms with van der Waals surface area (Å²) in [6, 6.07) is 11.9. The second kappa shape index (κ2) is 8.40. The summed E-state index contributed by atoms with van der Waals surface area (Å²) >= 11 is 1.45. The summed E-state index contributed by atoms with van der Waals surface area (Å²) in [7, 11) is 3.01. The van der Waals surface area contributed by atoms with Crippen LogP contribution in [0.15, 0.2) is 47.4 Å². The highest BCUT2D eigenvalue weighted by Crippen LogP contribution is 2.27. The number of carbonyl (C=O) groups is 2. The van der Waals surface area contributed by atoms with Crippen LogP contribution in [0.25, 0.3) is 0 Å². The summed E-state index contributed by atoms with van der Waals surface area (Å²) in [5.41, 5.74) is 0.837. The van der Waals surface area contributed by atoms with Crippen LogP contribution < -0.4 is 9.47 Å². The lowest BCUT2D eigenvalue weighted by Gasteiger charge is -2.10. The largest absolute Gasteiger partial charge is 0.493 e. The van der Waals surface area contributed by atoms with Crippen LogP contribution in [0.3, 0.4) is 0 Å². The third kappa shape index (κ3) is 4.08. The molecule has 0 radical (unpaired) electrons. The number of methoxy groups -OCH3 is 2. The van der Waals surface area contributed by atoms with Crippen molar-refractivity contribution < 1.29 is 23.8 Å². The van der Waals surface area contributed by atoms with Crippen molar-refractivity contribution in [1.29, 1.82) is 0 Å². The standard InChI is InChI=1S/C18H18O5S/c1-21-15-9-8-12(10-16(15)22-2)14(19)11-23-18(20)13-6-4-5-7-17(13)24-3/h4-10H,11H2,1-3H3. The predicted octanol–water partition coefficient (Wildman–Crippen LogP) is 3.47. The normalized spacial score (nSPS) is 10.1. The Morgan fingerprint density at radius 3 is 2.38 bits per heavy atom. The molecule has 0 atom stereocenters. The molecule has 0 aliphatic heterocycles. The van der Waals surface area contributed by atoms with Gasteiger partial charge in [-0.2, -0.15) is 0 Å². The van der Waals surface area contributed by atoms with Crippen LogP contribution in [0.2, 0.25) is 0 Å². The average Bonchev–Trinajstić information content (AvgIpc) is 2.64. The highest BCUT2D eigenvalue weighted by Gasteiger charge is 2.16. The molecule has 0 bridgehead atoms. The lowest BCUT2D eigenvalue weighted by atomic mass is 10.1. The van der Waals surface area contributed by atoms with Crippen LogP contribution in [0.4, 0.5) is 0 Å². The van der Waals surface area contributed by atoms with E-state index in [0.717, 1.165) is 4.90 Å². The minimum absolute atomic E-state index is 0.314. The van der Waals surface area contributed by atoms with E-state index in [4.69, 9.17) is 14.2 Å². The van der Waals surface area contributed by atoms with Crippen molar-refractivity contribution >= 4 is 23.5 Å². The first-order valence-electron chi connectivity index (χ1n) is 7.16. The molecule has 2 rings (SSSR count). The molecule has 0 saturated heterocycles. The van der Waals surface area contributed by atoms with Crippen LogP contribution in [-0.2, 0) is 4.74 Å². The Balaban J connectivity index is 2.06. The molecule has 5 nitrogen and oxygen atoms in total. The Morgan fingerprint density at radius 1 is 1.00 bits per heavy atom. The summed E-state index contributed by atoms with van der Waals surface area (Å²) in [5.74, 6) is 0.141. The van der Waals surface area contributed by atoms with Gasteiger partial charge in [0.05, 0.1) is 19.8 Å². The maximum Gasteiger partial charge on any atom is 0.339 e. The van der Waals surface area contributed by atoms with E-state index in [-0.39, 0.29) is 12.4 Å². The van der Waals surface area contributed by atoms with Gasteiger partial charge in [-0.15, -0.1) is 11.8 Å². The maximum absolute atomic E-state index is 12.2. The van der Waals surface area contributed by atoms with E-state index in [2.05, 4.69) is 0 Å². The number of Topliss-reactive ketones (excluding diaryl/α,β-unsaturated/α-hetero) is 1. The van der Waals surface area contributed by atoms with Gasteiger partial charge in [0, 0.05) is 10.5 Å². The molecule has 0 fully saturated rings. The van der Waals surface area contributed by atoms with Gasteiger partial charge in [0.15, 0.2) is 23.9 Å². The molecule has 6 heteroatoms. The zero-order valence-electron chi connectivity index (χ0n) is 13.7. The molecular formula is C18H18O5S. The second-order valence-corrected chi connectivity index (χ2v) is 5.62. The van der Waals surface area contributed by atoms with Crippen molar-refractivity contribution in [2.75, 3.05) is 27.1 Å². The molecule has 0 aromatic heterocycles. The molecule has 2 aromatic carbocycles. The maximum atomic E-state index is 12.2. The number of hydrogen-bond acceptors (Lipinski definition) is 6. The number of hydrogen-bond donors (Lipinski definition) is 0. The van der Waals surface area contributed by atoms with E-state index in [1.54, 1.807) is 30.3 Å². The minimum Gasteiger partial charge on any atom is -0.493 e. The number of rotatable bonds is 7. The van der Waals surface area contributed by atoms with Crippen molar-refractivity contribution in [3.63, 3.8) is 0 Å². The summed E-state index contributed by atoms with van der Waals surface area (Å²) in [6.45, 7) is -0.336. The highest BCUT2D eigenvalue weighted by atomic mass is 32.2. The lowest BCUT2D eigenvalue weighted by molar-refractivity contribution is 0.0471. The third-order valence-electron chi connectivity index (χ3n) is 3.37. The first-order chi connectivity index (χ1) is 11.6. The molecule has 2 aromatic rings. The number of thioether (sulfide) groups is 1. The Bertz CT molecular complexity index is 742. The summed E-state index contributed by atoms with van der Waals surface area (Å²) in [4.78, 5) is 25.2. The van der Waals surface area contributed by atoms with Gasteiger partial charge in [0.25, 0.3) is 0 Å². The zero-order chi connectivity index (χ0) is 17.5. The first-order valence-corrected chi connectivity index (χ1v) is 8.38. The zero-order valence-corrected chi connectivity index (χ0v) is 14.5. The molecule has 0 amide bonds. The van der Waals surface area contributed by atoms with Gasteiger partial charge >= 0.3 is 5.97 Å². The van der Waals surface area contributed by atoms with Crippen molar-refractivity contribution in [3.05, 3.63) is 53.6 Å². The van der Waals surface area contributed by atoms with E-state index in [0.29, 0.717) is 22.6 Å². The molecule has 0 spiro atoms. The number of benzene rings is 2.